The van der Waals surface area contributed by atoms with E-state index in [-0.39, 0.29) is 11.7 Å². The Balaban J connectivity index is 1.69. The van der Waals surface area contributed by atoms with Crippen LogP contribution in [-0.2, 0) is 16.4 Å². The molecule has 0 spiro atoms. The Bertz CT molecular complexity index is 1110. The topological polar surface area (TPSA) is 84.9 Å². The molecule has 7 nitrogen and oxygen atoms in total. The summed E-state index contributed by atoms with van der Waals surface area (Å²) < 4.78 is 35.7. The molecule has 2 aliphatic rings. The van der Waals surface area contributed by atoms with Gasteiger partial charge in [-0.15, -0.1) is 0 Å². The first-order valence-electron chi connectivity index (χ1n) is 11.0. The number of hydrogen-bond donors (Lipinski definition) is 1. The Morgan fingerprint density at radius 2 is 1.97 bits per heavy atom. The van der Waals surface area contributed by atoms with Gasteiger partial charge in [-0.25, -0.2) is 8.42 Å². The van der Waals surface area contributed by atoms with Gasteiger partial charge < -0.3 is 19.7 Å². The molecular formula is C24H30N2O5S. The zero-order valence-electron chi connectivity index (χ0n) is 18.8. The summed E-state index contributed by atoms with van der Waals surface area (Å²) in [5, 5.41) is 3.42. The van der Waals surface area contributed by atoms with Crippen molar-refractivity contribution in [2.24, 2.45) is 5.92 Å². The molecule has 1 aliphatic heterocycles. The predicted molar refractivity (Wildman–Crippen MR) is 124 cm³/mol. The van der Waals surface area contributed by atoms with Gasteiger partial charge in [-0.2, -0.15) is 0 Å². The van der Waals surface area contributed by atoms with E-state index in [4.69, 9.17) is 9.47 Å². The molecule has 0 radical (unpaired) electrons. The van der Waals surface area contributed by atoms with Crippen molar-refractivity contribution in [2.45, 2.75) is 32.4 Å². The van der Waals surface area contributed by atoms with Crippen LogP contribution in [0.3, 0.4) is 0 Å². The number of rotatable bonds is 10. The summed E-state index contributed by atoms with van der Waals surface area (Å²) in [6, 6.07) is 10.5. The summed E-state index contributed by atoms with van der Waals surface area (Å²) in [6.45, 7) is 3.54. The molecule has 2 aromatic carbocycles. The second kappa shape index (κ2) is 9.02. The van der Waals surface area contributed by atoms with E-state index in [1.165, 1.54) is 19.1 Å². The van der Waals surface area contributed by atoms with Gasteiger partial charge in [-0.05, 0) is 55.0 Å². The number of nitrogens with one attached hydrogen (secondary N) is 1. The molecule has 0 aromatic heterocycles. The van der Waals surface area contributed by atoms with Crippen molar-refractivity contribution >= 4 is 21.4 Å². The minimum absolute atomic E-state index is 0.152. The van der Waals surface area contributed by atoms with Crippen molar-refractivity contribution in [3.05, 3.63) is 53.1 Å². The zero-order chi connectivity index (χ0) is 22.9. The van der Waals surface area contributed by atoms with Crippen molar-refractivity contribution in [1.29, 1.82) is 0 Å². The first-order chi connectivity index (χ1) is 15.3. The van der Waals surface area contributed by atoms with Gasteiger partial charge in [0, 0.05) is 25.0 Å². The smallest absolute Gasteiger partial charge is 0.257 e. The number of hydrogen-bond acceptors (Lipinski definition) is 6. The van der Waals surface area contributed by atoms with Crippen LogP contribution in [0.15, 0.2) is 36.4 Å². The molecule has 1 heterocycles. The molecule has 1 amide bonds. The lowest BCUT2D eigenvalue weighted by molar-refractivity contribution is 0.0719. The van der Waals surface area contributed by atoms with E-state index in [0.717, 1.165) is 17.8 Å². The third-order valence-corrected chi connectivity index (χ3v) is 6.87. The largest absolute Gasteiger partial charge is 0.493 e. The fraction of sp³-hybridized carbons (Fsp3) is 0.458. The van der Waals surface area contributed by atoms with Crippen molar-refractivity contribution in [2.75, 3.05) is 37.6 Å². The highest BCUT2D eigenvalue weighted by molar-refractivity contribution is 7.90. The second-order valence-corrected chi connectivity index (χ2v) is 10.7. The van der Waals surface area contributed by atoms with Crippen LogP contribution < -0.4 is 14.8 Å². The van der Waals surface area contributed by atoms with Crippen LogP contribution in [0.1, 0.15) is 47.3 Å². The minimum atomic E-state index is -3.37. The van der Waals surface area contributed by atoms with Gasteiger partial charge in [0.2, 0.25) is 0 Å². The number of anilines is 1. The summed E-state index contributed by atoms with van der Waals surface area (Å²) in [6.07, 6.45) is 3.64. The molecular weight excluding hydrogens is 428 g/mol. The molecule has 1 saturated carbocycles. The number of amides is 1. The quantitative estimate of drug-likeness (QED) is 0.585. The lowest BCUT2D eigenvalue weighted by Gasteiger charge is -2.28. The van der Waals surface area contributed by atoms with E-state index in [2.05, 4.69) is 5.32 Å². The van der Waals surface area contributed by atoms with Crippen molar-refractivity contribution in [1.82, 2.24) is 4.90 Å². The van der Waals surface area contributed by atoms with E-state index in [0.29, 0.717) is 41.7 Å². The second-order valence-electron chi connectivity index (χ2n) is 8.55. The van der Waals surface area contributed by atoms with Crippen molar-refractivity contribution in [3.63, 3.8) is 0 Å². The number of ether oxygens (including phenoxy) is 2. The first-order valence-corrected chi connectivity index (χ1v) is 13.0. The minimum Gasteiger partial charge on any atom is -0.493 e. The predicted octanol–water partition coefficient (Wildman–Crippen LogP) is 3.66. The third-order valence-electron chi connectivity index (χ3n) is 5.95. The normalized spacial score (nSPS) is 16.6. The van der Waals surface area contributed by atoms with E-state index in [1.807, 2.05) is 25.1 Å². The zero-order valence-corrected chi connectivity index (χ0v) is 19.6. The van der Waals surface area contributed by atoms with Crippen LogP contribution in [0.4, 0.5) is 5.69 Å². The average molecular weight is 459 g/mol. The number of fused-ring (bicyclic) bond motifs is 1. The van der Waals surface area contributed by atoms with Crippen LogP contribution >= 0.6 is 0 Å². The highest BCUT2D eigenvalue weighted by Gasteiger charge is 2.37. The Morgan fingerprint density at radius 3 is 2.62 bits per heavy atom. The van der Waals surface area contributed by atoms with Crippen LogP contribution in [0.2, 0.25) is 0 Å². The summed E-state index contributed by atoms with van der Waals surface area (Å²) in [7, 11) is -1.81. The summed E-state index contributed by atoms with van der Waals surface area (Å²) >= 11 is 0. The third kappa shape index (κ3) is 4.85. The van der Waals surface area contributed by atoms with Gasteiger partial charge in [-0.3, -0.25) is 4.79 Å². The average Bonchev–Trinajstić information content (AvgIpc) is 3.52. The van der Waals surface area contributed by atoms with Gasteiger partial charge in [0.1, 0.15) is 9.84 Å². The molecule has 32 heavy (non-hydrogen) atoms. The standard InChI is InChI=1S/C24H30N2O5S/c1-4-31-22-12-17(10-11-21(22)30-2)20(15-32(3,28)29)26-14-18-6-5-7-19(23(18)24(26)27)25-13-16-8-9-16/h5-7,10-12,16,20,25H,4,8-9,13-15H2,1-3H3/t20-/m1/s1. The maximum atomic E-state index is 13.5. The molecule has 2 aromatic rings. The van der Waals surface area contributed by atoms with Crippen molar-refractivity contribution in [3.8, 4) is 11.5 Å². The van der Waals surface area contributed by atoms with Crippen LogP contribution in [-0.4, -0.2) is 51.5 Å². The van der Waals surface area contributed by atoms with E-state index in [9.17, 15) is 13.2 Å². The Kier molecular flexibility index (Phi) is 6.33. The molecule has 172 valence electrons. The summed E-state index contributed by atoms with van der Waals surface area (Å²) in [5.74, 6) is 1.45. The van der Waals surface area contributed by atoms with Gasteiger partial charge in [-0.1, -0.05) is 18.2 Å². The molecule has 0 bridgehead atoms. The molecule has 1 fully saturated rings. The highest BCUT2D eigenvalue weighted by atomic mass is 32.2. The molecule has 1 atom stereocenters. The molecule has 1 aliphatic carbocycles. The van der Waals surface area contributed by atoms with E-state index in [1.54, 1.807) is 30.2 Å². The fourth-order valence-electron chi connectivity index (χ4n) is 4.18. The Hall–Kier alpha value is -2.74. The lowest BCUT2D eigenvalue weighted by atomic mass is 10.1. The number of sulfone groups is 1. The SMILES string of the molecule is CCOc1cc([C@@H](CS(C)(=O)=O)N2Cc3cccc(NCC4CC4)c3C2=O)ccc1OC. The number of carbonyl (C=O) groups excluding carboxylic acids is 1. The van der Waals surface area contributed by atoms with E-state index < -0.39 is 15.9 Å². The van der Waals surface area contributed by atoms with E-state index >= 15 is 0 Å². The van der Waals surface area contributed by atoms with Crippen LogP contribution in [0, 0.1) is 5.92 Å². The van der Waals surface area contributed by atoms with Gasteiger partial charge in [0.05, 0.1) is 31.1 Å². The van der Waals surface area contributed by atoms with Crippen LogP contribution in [0.25, 0.3) is 0 Å². The summed E-state index contributed by atoms with van der Waals surface area (Å²) in [4.78, 5) is 15.2. The number of carbonyl (C=O) groups is 1. The molecule has 1 N–H and O–H groups in total. The lowest BCUT2D eigenvalue weighted by Crippen LogP contribution is -2.34. The maximum Gasteiger partial charge on any atom is 0.257 e. The number of nitrogens with zero attached hydrogens (tertiary/aromatic N) is 1. The molecule has 0 unspecified atom stereocenters. The summed E-state index contributed by atoms with van der Waals surface area (Å²) in [5.41, 5.74) is 3.08. The van der Waals surface area contributed by atoms with Gasteiger partial charge in [0.15, 0.2) is 11.5 Å². The maximum absolute atomic E-state index is 13.5. The first kappa shape index (κ1) is 22.5. The van der Waals surface area contributed by atoms with Crippen molar-refractivity contribution < 1.29 is 22.7 Å². The monoisotopic (exact) mass is 458 g/mol. The number of benzene rings is 2. The highest BCUT2D eigenvalue weighted by Crippen LogP contribution is 2.39. The molecule has 0 saturated heterocycles. The van der Waals surface area contributed by atoms with Gasteiger partial charge in [0.25, 0.3) is 5.91 Å². The fourth-order valence-corrected chi connectivity index (χ4v) is 5.13. The Morgan fingerprint density at radius 1 is 1.19 bits per heavy atom. The molecule has 4 rings (SSSR count). The van der Waals surface area contributed by atoms with Crippen LogP contribution in [0.5, 0.6) is 11.5 Å². The Labute approximate surface area is 189 Å². The molecule has 8 heteroatoms. The van der Waals surface area contributed by atoms with Gasteiger partial charge >= 0.3 is 0 Å². The number of methoxy groups -OCH3 is 1.